The number of thioether (sulfide) groups is 2. The van der Waals surface area contributed by atoms with Crippen LogP contribution in [0.5, 0.6) is 0 Å². The van der Waals surface area contributed by atoms with Gasteiger partial charge in [-0.15, -0.1) is 22.0 Å². The van der Waals surface area contributed by atoms with Crippen molar-refractivity contribution in [1.29, 1.82) is 0 Å². The largest absolute Gasteiger partial charge is 0.416 e. The predicted molar refractivity (Wildman–Crippen MR) is 113 cm³/mol. The smallest absolute Gasteiger partial charge is 0.300 e. The van der Waals surface area contributed by atoms with Crippen LogP contribution in [0.4, 0.5) is 18.3 Å². The van der Waals surface area contributed by atoms with E-state index in [-0.39, 0.29) is 22.5 Å². The Kier molecular flexibility index (Phi) is 6.08. The highest BCUT2D eigenvalue weighted by Gasteiger charge is 2.31. The van der Waals surface area contributed by atoms with Crippen LogP contribution < -0.4 is 10.9 Å². The Morgan fingerprint density at radius 1 is 1.32 bits per heavy atom. The SMILES string of the molecule is Cc1nnc(NC(=O)CSc2nc3c(c(=O)n2-c2cccc(C(F)(F)F)c2)SCC3)s1. The molecular formula is C18H14F3N5O2S3. The molecule has 2 aromatic heterocycles. The van der Waals surface area contributed by atoms with Crippen LogP contribution in [0.2, 0.25) is 0 Å². The lowest BCUT2D eigenvalue weighted by Crippen LogP contribution is -2.25. The van der Waals surface area contributed by atoms with Crippen molar-refractivity contribution in [3.63, 3.8) is 0 Å². The van der Waals surface area contributed by atoms with Gasteiger partial charge in [-0.25, -0.2) is 4.98 Å². The summed E-state index contributed by atoms with van der Waals surface area (Å²) in [5.41, 5.74) is -0.661. The average Bonchev–Trinajstić information content (AvgIpc) is 3.35. The van der Waals surface area contributed by atoms with Gasteiger partial charge in [0, 0.05) is 12.2 Å². The molecule has 1 aliphatic heterocycles. The van der Waals surface area contributed by atoms with Gasteiger partial charge in [0.05, 0.1) is 27.6 Å². The van der Waals surface area contributed by atoms with Gasteiger partial charge in [-0.05, 0) is 25.1 Å². The van der Waals surface area contributed by atoms with Crippen LogP contribution in [0.3, 0.4) is 0 Å². The molecular weight excluding hydrogens is 471 g/mol. The van der Waals surface area contributed by atoms with Crippen LogP contribution in [0.15, 0.2) is 39.1 Å². The van der Waals surface area contributed by atoms with Gasteiger partial charge in [-0.1, -0.05) is 29.2 Å². The van der Waals surface area contributed by atoms with E-state index in [0.717, 1.165) is 28.5 Å². The molecule has 0 aliphatic carbocycles. The van der Waals surface area contributed by atoms with Crippen LogP contribution in [0.25, 0.3) is 5.69 Å². The maximum absolute atomic E-state index is 13.2. The van der Waals surface area contributed by atoms with Gasteiger partial charge in [-0.2, -0.15) is 13.2 Å². The van der Waals surface area contributed by atoms with Crippen LogP contribution in [0, 0.1) is 6.92 Å². The Morgan fingerprint density at radius 3 is 2.84 bits per heavy atom. The quantitative estimate of drug-likeness (QED) is 0.434. The Bertz CT molecular complexity index is 1210. The first kappa shape index (κ1) is 21.8. The van der Waals surface area contributed by atoms with E-state index in [0.29, 0.717) is 32.9 Å². The van der Waals surface area contributed by atoms with E-state index >= 15 is 0 Å². The van der Waals surface area contributed by atoms with E-state index in [1.165, 1.54) is 35.2 Å². The number of nitrogens with zero attached hydrogens (tertiary/aromatic N) is 4. The highest BCUT2D eigenvalue weighted by molar-refractivity contribution is 8.00. The zero-order valence-electron chi connectivity index (χ0n) is 15.9. The molecule has 0 unspecified atom stereocenters. The summed E-state index contributed by atoms with van der Waals surface area (Å²) in [6.45, 7) is 1.75. The highest BCUT2D eigenvalue weighted by atomic mass is 32.2. The summed E-state index contributed by atoms with van der Waals surface area (Å²) in [6.07, 6.45) is -3.96. The molecule has 1 aliphatic rings. The molecule has 3 heterocycles. The Hall–Kier alpha value is -2.38. The van der Waals surface area contributed by atoms with Gasteiger partial charge in [0.1, 0.15) is 5.01 Å². The van der Waals surface area contributed by atoms with Gasteiger partial charge in [0.2, 0.25) is 11.0 Å². The Morgan fingerprint density at radius 2 is 2.13 bits per heavy atom. The molecule has 0 saturated carbocycles. The van der Waals surface area contributed by atoms with Gasteiger partial charge in [0.25, 0.3) is 5.56 Å². The topological polar surface area (TPSA) is 89.8 Å². The van der Waals surface area contributed by atoms with E-state index < -0.39 is 17.3 Å². The van der Waals surface area contributed by atoms with Crippen molar-refractivity contribution in [3.8, 4) is 5.69 Å². The van der Waals surface area contributed by atoms with Crippen LogP contribution in [-0.4, -0.2) is 37.2 Å². The first-order valence-corrected chi connectivity index (χ1v) is 11.7. The van der Waals surface area contributed by atoms with Crippen molar-refractivity contribution < 1.29 is 18.0 Å². The lowest BCUT2D eigenvalue weighted by atomic mass is 10.2. The summed E-state index contributed by atoms with van der Waals surface area (Å²) in [6, 6.07) is 4.50. The summed E-state index contributed by atoms with van der Waals surface area (Å²) in [4.78, 5) is 30.3. The number of hydrogen-bond acceptors (Lipinski definition) is 8. The number of halogens is 3. The van der Waals surface area contributed by atoms with E-state index in [9.17, 15) is 22.8 Å². The normalized spacial score (nSPS) is 13.3. The monoisotopic (exact) mass is 485 g/mol. The lowest BCUT2D eigenvalue weighted by molar-refractivity contribution is -0.137. The molecule has 0 saturated heterocycles. The molecule has 1 N–H and O–H groups in total. The minimum atomic E-state index is -4.55. The summed E-state index contributed by atoms with van der Waals surface area (Å²) in [7, 11) is 0. The van der Waals surface area contributed by atoms with E-state index in [1.807, 2.05) is 0 Å². The fourth-order valence-corrected chi connectivity index (χ4v) is 5.33. The molecule has 162 valence electrons. The van der Waals surface area contributed by atoms with Gasteiger partial charge >= 0.3 is 6.18 Å². The number of alkyl halides is 3. The number of amides is 1. The summed E-state index contributed by atoms with van der Waals surface area (Å²) >= 11 is 3.52. The summed E-state index contributed by atoms with van der Waals surface area (Å²) < 4.78 is 40.7. The minimum Gasteiger partial charge on any atom is -0.300 e. The maximum atomic E-state index is 13.2. The molecule has 7 nitrogen and oxygen atoms in total. The van der Waals surface area contributed by atoms with E-state index in [1.54, 1.807) is 6.92 Å². The number of rotatable bonds is 5. The number of aryl methyl sites for hydroxylation is 2. The predicted octanol–water partition coefficient (Wildman–Crippen LogP) is 3.79. The number of carbonyl (C=O) groups is 1. The molecule has 0 radical (unpaired) electrons. The van der Waals surface area contributed by atoms with Crippen LogP contribution in [0.1, 0.15) is 16.3 Å². The second kappa shape index (κ2) is 8.63. The van der Waals surface area contributed by atoms with Gasteiger partial charge < -0.3 is 0 Å². The van der Waals surface area contributed by atoms with Gasteiger partial charge in [0.15, 0.2) is 5.16 Å². The van der Waals surface area contributed by atoms with Crippen molar-refractivity contribution in [3.05, 3.63) is 50.9 Å². The summed E-state index contributed by atoms with van der Waals surface area (Å²) in [5, 5.41) is 11.4. The molecule has 3 aromatic rings. The average molecular weight is 486 g/mol. The lowest BCUT2D eigenvalue weighted by Gasteiger charge is -2.15. The number of hydrogen-bond donors (Lipinski definition) is 1. The highest BCUT2D eigenvalue weighted by Crippen LogP contribution is 2.33. The molecule has 13 heteroatoms. The number of nitrogens with one attached hydrogen (secondary N) is 1. The van der Waals surface area contributed by atoms with Crippen LogP contribution >= 0.6 is 34.9 Å². The third kappa shape index (κ3) is 4.77. The fraction of sp³-hybridized carbons (Fsp3) is 0.278. The van der Waals surface area contributed by atoms with Crippen molar-refractivity contribution in [2.75, 3.05) is 16.8 Å². The van der Waals surface area contributed by atoms with Crippen LogP contribution in [-0.2, 0) is 17.4 Å². The Labute approximate surface area is 186 Å². The fourth-order valence-electron chi connectivity index (χ4n) is 2.87. The maximum Gasteiger partial charge on any atom is 0.416 e. The molecule has 1 amide bonds. The molecule has 0 atom stereocenters. The molecule has 4 rings (SSSR count). The van der Waals surface area contributed by atoms with E-state index in [2.05, 4.69) is 20.5 Å². The number of aromatic nitrogens is 4. The van der Waals surface area contributed by atoms with Crippen molar-refractivity contribution >= 4 is 45.9 Å². The standard InChI is InChI=1S/C18H14F3N5O2S3/c1-9-24-25-16(31-9)23-13(27)8-30-17-22-12-5-6-29-14(12)15(28)26(17)11-4-2-3-10(7-11)18(19,20)21/h2-4,7H,5-6,8H2,1H3,(H,23,25,27). The number of benzene rings is 1. The third-order valence-corrected chi connectivity index (χ3v) is 7.00. The molecule has 0 fully saturated rings. The second-order valence-corrected chi connectivity index (χ2v) is 9.65. The molecule has 0 spiro atoms. The zero-order chi connectivity index (χ0) is 22.2. The van der Waals surface area contributed by atoms with E-state index in [4.69, 9.17) is 0 Å². The third-order valence-electron chi connectivity index (χ3n) is 4.20. The number of fused-ring (bicyclic) bond motifs is 1. The van der Waals surface area contributed by atoms with Gasteiger partial charge in [-0.3, -0.25) is 19.5 Å². The first-order valence-electron chi connectivity index (χ1n) is 8.91. The second-order valence-electron chi connectivity index (χ2n) is 6.42. The molecule has 31 heavy (non-hydrogen) atoms. The number of anilines is 1. The number of carbonyl (C=O) groups excluding carboxylic acids is 1. The zero-order valence-corrected chi connectivity index (χ0v) is 18.3. The Balaban J connectivity index is 1.67. The molecule has 0 bridgehead atoms. The minimum absolute atomic E-state index is 0.0466. The van der Waals surface area contributed by atoms with Crippen molar-refractivity contribution in [2.24, 2.45) is 0 Å². The first-order chi connectivity index (χ1) is 14.7. The van der Waals surface area contributed by atoms with Crippen molar-refractivity contribution in [2.45, 2.75) is 29.6 Å². The molecule has 1 aromatic carbocycles. The summed E-state index contributed by atoms with van der Waals surface area (Å²) in [5.74, 6) is 0.182. The van der Waals surface area contributed by atoms with Crippen molar-refractivity contribution in [1.82, 2.24) is 19.7 Å².